The number of nitrogens with zero attached hydrogens (tertiary/aromatic N) is 2. The van der Waals surface area contributed by atoms with E-state index in [9.17, 15) is 8.42 Å². The smallest absolute Gasteiger partial charge is 0.180 e. The van der Waals surface area contributed by atoms with Crippen LogP contribution in [-0.2, 0) is 9.84 Å². The number of rotatable bonds is 11. The number of benzene rings is 2. The maximum atomic E-state index is 13.9. The van der Waals surface area contributed by atoms with Crippen molar-refractivity contribution < 1.29 is 12.9 Å². The molecule has 6 rings (SSSR count). The minimum atomic E-state index is -3.50. The summed E-state index contributed by atoms with van der Waals surface area (Å²) in [5.74, 6) is 1.10. The van der Waals surface area contributed by atoms with Crippen molar-refractivity contribution >= 4 is 38.5 Å². The number of nitrogens with one attached hydrogen (secondary N) is 3. The van der Waals surface area contributed by atoms with Crippen molar-refractivity contribution in [2.24, 2.45) is 5.92 Å². The predicted octanol–water partition coefficient (Wildman–Crippen LogP) is 5.86. The van der Waals surface area contributed by atoms with E-state index in [-0.39, 0.29) is 11.8 Å². The van der Waals surface area contributed by atoms with Gasteiger partial charge in [0.15, 0.2) is 14.9 Å². The number of hydrogen-bond acceptors (Lipinski definition) is 5. The highest BCUT2D eigenvalue weighted by atomic mass is 32.2. The molecule has 0 spiro atoms. The van der Waals surface area contributed by atoms with E-state index >= 15 is 0 Å². The van der Waals surface area contributed by atoms with E-state index in [0.29, 0.717) is 10.0 Å². The van der Waals surface area contributed by atoms with Gasteiger partial charge in [0, 0.05) is 44.0 Å². The van der Waals surface area contributed by atoms with Crippen LogP contribution in [0.5, 0.6) is 0 Å². The molecule has 0 aromatic heterocycles. The Morgan fingerprint density at radius 1 is 1.05 bits per heavy atom. The Kier molecular flexibility index (Phi) is 10.1. The molecule has 0 amide bonds. The SMILES string of the molecule is CCCC1(CCC)CS(=O)(=O)c2ccc(N(C)C)cc2C(c2cccc(NC(=S)NCCC[N+]34CCC(CC3)CC4)c2)N1. The molecule has 7 nitrogen and oxygen atoms in total. The van der Waals surface area contributed by atoms with Gasteiger partial charge in [-0.1, -0.05) is 38.8 Å². The first-order chi connectivity index (χ1) is 20.6. The molecule has 3 saturated heterocycles. The molecule has 0 saturated carbocycles. The lowest BCUT2D eigenvalue weighted by molar-refractivity contribution is -0.942. The summed E-state index contributed by atoms with van der Waals surface area (Å²) in [7, 11) is 0.485. The highest BCUT2D eigenvalue weighted by Gasteiger charge is 2.42. The Morgan fingerprint density at radius 3 is 2.40 bits per heavy atom. The van der Waals surface area contributed by atoms with Gasteiger partial charge in [-0.25, -0.2) is 8.42 Å². The summed E-state index contributed by atoms with van der Waals surface area (Å²) in [5, 5.41) is 11.4. The van der Waals surface area contributed by atoms with Crippen molar-refractivity contribution in [3.8, 4) is 0 Å². The molecule has 2 aromatic carbocycles. The average Bonchev–Trinajstić information content (AvgIpc) is 3.08. The highest BCUT2D eigenvalue weighted by Crippen LogP contribution is 2.40. The lowest BCUT2D eigenvalue weighted by atomic mass is 9.85. The zero-order valence-electron chi connectivity index (χ0n) is 26.6. The van der Waals surface area contributed by atoms with Gasteiger partial charge in [0.25, 0.3) is 0 Å². The largest absolute Gasteiger partial charge is 0.378 e. The molecule has 0 radical (unpaired) electrons. The second kappa shape index (κ2) is 13.4. The minimum Gasteiger partial charge on any atom is -0.378 e. The van der Waals surface area contributed by atoms with Crippen LogP contribution < -0.4 is 20.9 Å². The fourth-order valence-corrected chi connectivity index (χ4v) is 10.2. The van der Waals surface area contributed by atoms with Crippen molar-refractivity contribution in [3.05, 3.63) is 53.6 Å². The number of sulfone groups is 1. The first-order valence-corrected chi connectivity index (χ1v) is 18.5. The molecule has 4 aliphatic rings. The molecule has 9 heteroatoms. The fraction of sp³-hybridized carbons (Fsp3) is 0.618. The number of fused-ring (bicyclic) bond motifs is 4. The maximum Gasteiger partial charge on any atom is 0.180 e. The van der Waals surface area contributed by atoms with E-state index in [4.69, 9.17) is 12.2 Å². The molecular formula is C34H52N5O2S2+. The van der Waals surface area contributed by atoms with Gasteiger partial charge in [-0.15, -0.1) is 0 Å². The second-order valence-electron chi connectivity index (χ2n) is 13.6. The molecule has 0 aliphatic carbocycles. The molecule has 236 valence electrons. The van der Waals surface area contributed by atoms with Crippen LogP contribution in [0.3, 0.4) is 0 Å². The quantitative estimate of drug-likeness (QED) is 0.164. The topological polar surface area (TPSA) is 73.5 Å². The predicted molar refractivity (Wildman–Crippen MR) is 183 cm³/mol. The zero-order chi connectivity index (χ0) is 30.7. The molecule has 2 aromatic rings. The lowest BCUT2D eigenvalue weighted by Gasteiger charge is -2.49. The first kappa shape index (κ1) is 32.2. The Balaban J connectivity index is 1.35. The Labute approximate surface area is 265 Å². The Bertz CT molecular complexity index is 1370. The van der Waals surface area contributed by atoms with Crippen molar-refractivity contribution in [1.82, 2.24) is 10.6 Å². The molecule has 3 N–H and O–H groups in total. The average molecular weight is 627 g/mol. The zero-order valence-corrected chi connectivity index (χ0v) is 28.3. The van der Waals surface area contributed by atoms with Crippen molar-refractivity contribution in [2.75, 3.05) is 62.8 Å². The van der Waals surface area contributed by atoms with Crippen LogP contribution in [0.25, 0.3) is 0 Å². The standard InChI is InChI=1S/C34H51N5O2S2/c1-5-16-34(17-6-2)25-43(40,41)31-12-11-29(38(3)4)24-30(31)32(37-34)27-9-7-10-28(23-27)36-33(42)35-18-8-19-39-20-13-26(14-21-39)15-22-39/h7,9-12,23-24,26,32,37H,5-6,8,13-22,25H2,1-4H3,(H-,35,36,42)/p+1. The van der Waals surface area contributed by atoms with E-state index < -0.39 is 15.4 Å². The fourth-order valence-electron chi connectivity index (χ4n) is 7.88. The summed E-state index contributed by atoms with van der Waals surface area (Å²) in [6, 6.07) is 13.8. The summed E-state index contributed by atoms with van der Waals surface area (Å²) >= 11 is 5.71. The van der Waals surface area contributed by atoms with Crippen LogP contribution in [0.4, 0.5) is 11.4 Å². The monoisotopic (exact) mass is 626 g/mol. The van der Waals surface area contributed by atoms with E-state index in [1.54, 1.807) is 6.07 Å². The summed E-state index contributed by atoms with van der Waals surface area (Å²) in [6.07, 6.45) is 8.77. The normalized spacial score (nSPS) is 25.4. The van der Waals surface area contributed by atoms with Gasteiger partial charge in [0.2, 0.25) is 0 Å². The van der Waals surface area contributed by atoms with E-state index in [2.05, 4.69) is 41.9 Å². The van der Waals surface area contributed by atoms with Crippen LogP contribution >= 0.6 is 12.2 Å². The molecule has 1 unspecified atom stereocenters. The number of thiocarbonyl (C=S) groups is 1. The van der Waals surface area contributed by atoms with Crippen LogP contribution in [0.1, 0.15) is 82.4 Å². The molecule has 2 bridgehead atoms. The van der Waals surface area contributed by atoms with Crippen molar-refractivity contribution in [1.29, 1.82) is 0 Å². The lowest BCUT2D eigenvalue weighted by Crippen LogP contribution is -2.58. The van der Waals surface area contributed by atoms with E-state index in [1.807, 2.05) is 43.3 Å². The van der Waals surface area contributed by atoms with Gasteiger partial charge >= 0.3 is 0 Å². The van der Waals surface area contributed by atoms with Gasteiger partial charge < -0.3 is 20.0 Å². The molecule has 3 fully saturated rings. The summed E-state index contributed by atoms with van der Waals surface area (Å²) in [4.78, 5) is 2.46. The van der Waals surface area contributed by atoms with Gasteiger partial charge in [0.05, 0.1) is 42.9 Å². The van der Waals surface area contributed by atoms with Gasteiger partial charge in [-0.3, -0.25) is 5.32 Å². The van der Waals surface area contributed by atoms with Crippen molar-refractivity contribution in [3.63, 3.8) is 0 Å². The van der Waals surface area contributed by atoms with Crippen LogP contribution in [0, 0.1) is 5.92 Å². The molecule has 1 atom stereocenters. The van der Waals surface area contributed by atoms with Crippen LogP contribution in [0.15, 0.2) is 47.4 Å². The first-order valence-electron chi connectivity index (χ1n) is 16.4. The van der Waals surface area contributed by atoms with Crippen LogP contribution in [-0.4, -0.2) is 76.1 Å². The molecule has 4 heterocycles. The highest BCUT2D eigenvalue weighted by molar-refractivity contribution is 7.91. The number of piperidine rings is 3. The third-order valence-corrected chi connectivity index (χ3v) is 12.4. The number of hydrogen-bond donors (Lipinski definition) is 3. The third kappa shape index (κ3) is 7.38. The summed E-state index contributed by atoms with van der Waals surface area (Å²) in [6.45, 7) is 10.4. The number of anilines is 2. The molecular weight excluding hydrogens is 575 g/mol. The van der Waals surface area contributed by atoms with Gasteiger partial charge in [-0.05, 0) is 91.7 Å². The van der Waals surface area contributed by atoms with Crippen LogP contribution in [0.2, 0.25) is 0 Å². The Morgan fingerprint density at radius 2 is 1.74 bits per heavy atom. The minimum absolute atomic E-state index is 0.110. The Hall–Kier alpha value is -2.20. The van der Waals surface area contributed by atoms with Gasteiger partial charge in [-0.2, -0.15) is 0 Å². The van der Waals surface area contributed by atoms with Gasteiger partial charge in [0.1, 0.15) is 0 Å². The van der Waals surface area contributed by atoms with E-state index in [1.165, 1.54) is 49.9 Å². The summed E-state index contributed by atoms with van der Waals surface area (Å²) in [5.41, 5.74) is 3.24. The second-order valence-corrected chi connectivity index (χ2v) is 15.9. The van der Waals surface area contributed by atoms with E-state index in [0.717, 1.165) is 67.1 Å². The summed E-state index contributed by atoms with van der Waals surface area (Å²) < 4.78 is 29.1. The van der Waals surface area contributed by atoms with Crippen molar-refractivity contribution in [2.45, 2.75) is 81.7 Å². The third-order valence-electron chi connectivity index (χ3n) is 10.1. The molecule has 4 aliphatic heterocycles. The molecule has 43 heavy (non-hydrogen) atoms. The maximum absolute atomic E-state index is 13.9. The number of quaternary nitrogens is 1.